The number of hydrogen-bond acceptors (Lipinski definition) is 4. The highest BCUT2D eigenvalue weighted by atomic mass is 35.5. The molecule has 0 aliphatic carbocycles. The first-order valence-corrected chi connectivity index (χ1v) is 9.86. The Morgan fingerprint density at radius 1 is 0.667 bits per heavy atom. The summed E-state index contributed by atoms with van der Waals surface area (Å²) in [5.41, 5.74) is 1.62. The van der Waals surface area contributed by atoms with Crippen molar-refractivity contribution in [2.24, 2.45) is 0 Å². The molecule has 4 rings (SSSR count). The molecule has 30 heavy (non-hydrogen) atoms. The average molecular weight is 416 g/mol. The van der Waals surface area contributed by atoms with Gasteiger partial charge in [-0.25, -0.2) is 4.90 Å². The highest BCUT2D eigenvalue weighted by Gasteiger charge is 2.27. The van der Waals surface area contributed by atoms with Gasteiger partial charge in [0, 0.05) is 10.8 Å². The van der Waals surface area contributed by atoms with E-state index in [0.717, 1.165) is 16.0 Å². The summed E-state index contributed by atoms with van der Waals surface area (Å²) < 4.78 is 0. The van der Waals surface area contributed by atoms with Crippen molar-refractivity contribution in [3.8, 4) is 0 Å². The quantitative estimate of drug-likeness (QED) is 0.476. The number of hydrogen-bond donors (Lipinski definition) is 0. The summed E-state index contributed by atoms with van der Waals surface area (Å²) in [6, 6.07) is 25.8. The number of anilines is 1. The molecule has 0 bridgehead atoms. The average Bonchev–Trinajstić information content (AvgIpc) is 2.77. The van der Waals surface area contributed by atoms with Crippen molar-refractivity contribution in [3.63, 3.8) is 0 Å². The number of carbonyl (C=O) groups excluding carboxylic acids is 2. The molecule has 0 radical (unpaired) electrons. The van der Waals surface area contributed by atoms with Crippen molar-refractivity contribution in [1.82, 2.24) is 10.2 Å². The van der Waals surface area contributed by atoms with Crippen LogP contribution in [0, 0.1) is 0 Å². The van der Waals surface area contributed by atoms with E-state index in [1.807, 2.05) is 72.8 Å². The second kappa shape index (κ2) is 8.84. The molecule has 0 N–H and O–H groups in total. The van der Waals surface area contributed by atoms with E-state index in [4.69, 9.17) is 11.6 Å². The smallest absolute Gasteiger partial charge is 0.239 e. The maximum Gasteiger partial charge on any atom is 0.239 e. The Hall–Kier alpha value is -3.57. The van der Waals surface area contributed by atoms with E-state index < -0.39 is 0 Å². The van der Waals surface area contributed by atoms with Crippen LogP contribution in [0.5, 0.6) is 0 Å². The fourth-order valence-corrected chi connectivity index (χ4v) is 3.50. The molecule has 5 nitrogen and oxygen atoms in total. The van der Waals surface area contributed by atoms with E-state index in [9.17, 15) is 9.59 Å². The van der Waals surface area contributed by atoms with Crippen molar-refractivity contribution in [2.45, 2.75) is 12.8 Å². The number of halogens is 1. The number of imide groups is 1. The van der Waals surface area contributed by atoms with Crippen LogP contribution in [0.25, 0.3) is 10.8 Å². The number of amides is 2. The van der Waals surface area contributed by atoms with Crippen LogP contribution < -0.4 is 4.90 Å². The molecule has 0 aliphatic heterocycles. The molecule has 1 heterocycles. The molecule has 4 aromatic rings. The minimum Gasteiger partial charge on any atom is -0.274 e. The molecule has 0 saturated carbocycles. The minimum atomic E-state index is -0.371. The minimum absolute atomic E-state index is 0.0694. The molecule has 3 aromatic carbocycles. The van der Waals surface area contributed by atoms with Crippen molar-refractivity contribution >= 4 is 40.0 Å². The van der Waals surface area contributed by atoms with Crippen LogP contribution in [0.1, 0.15) is 11.1 Å². The van der Waals surface area contributed by atoms with Gasteiger partial charge in [-0.2, -0.15) is 0 Å². The molecular weight excluding hydrogens is 398 g/mol. The molecule has 0 fully saturated rings. The molecule has 2 amide bonds. The topological polar surface area (TPSA) is 63.2 Å². The number of rotatable bonds is 5. The molecule has 0 aliphatic rings. The van der Waals surface area contributed by atoms with Crippen LogP contribution in [-0.4, -0.2) is 22.0 Å². The van der Waals surface area contributed by atoms with Gasteiger partial charge in [0.15, 0.2) is 11.0 Å². The van der Waals surface area contributed by atoms with Gasteiger partial charge in [-0.1, -0.05) is 96.5 Å². The van der Waals surface area contributed by atoms with E-state index in [1.165, 1.54) is 0 Å². The Morgan fingerprint density at radius 3 is 1.67 bits per heavy atom. The van der Waals surface area contributed by atoms with E-state index >= 15 is 0 Å². The predicted octanol–water partition coefficient (Wildman–Crippen LogP) is 4.63. The van der Waals surface area contributed by atoms with Gasteiger partial charge in [0.2, 0.25) is 11.8 Å². The van der Waals surface area contributed by atoms with Crippen molar-refractivity contribution < 1.29 is 9.59 Å². The number of fused-ring (bicyclic) bond motifs is 1. The molecule has 148 valence electrons. The maximum atomic E-state index is 13.3. The first-order chi connectivity index (χ1) is 14.6. The Bertz CT molecular complexity index is 1140. The standard InChI is InChI=1S/C24H18ClN3O2/c25-23-19-13-7-8-14-20(19)24(27-26-23)28(21(29)15-17-9-3-1-4-10-17)22(30)16-18-11-5-2-6-12-18/h1-14H,15-16H2. The first-order valence-electron chi connectivity index (χ1n) is 9.48. The lowest BCUT2D eigenvalue weighted by Gasteiger charge is -2.21. The van der Waals surface area contributed by atoms with Gasteiger partial charge in [-0.15, -0.1) is 10.2 Å². The lowest BCUT2D eigenvalue weighted by Crippen LogP contribution is -2.40. The second-order valence-electron chi connectivity index (χ2n) is 6.81. The number of aromatic nitrogens is 2. The Morgan fingerprint density at radius 2 is 1.13 bits per heavy atom. The Balaban J connectivity index is 1.76. The maximum absolute atomic E-state index is 13.3. The molecule has 0 unspecified atom stereocenters. The van der Waals surface area contributed by atoms with Gasteiger partial charge in [0.05, 0.1) is 12.8 Å². The molecular formula is C24H18ClN3O2. The van der Waals surface area contributed by atoms with Gasteiger partial charge in [-0.05, 0) is 11.1 Å². The van der Waals surface area contributed by atoms with Gasteiger partial charge in [0.25, 0.3) is 0 Å². The van der Waals surface area contributed by atoms with E-state index in [2.05, 4.69) is 10.2 Å². The third-order valence-corrected chi connectivity index (χ3v) is 5.01. The highest BCUT2D eigenvalue weighted by Crippen LogP contribution is 2.29. The molecule has 0 saturated heterocycles. The summed E-state index contributed by atoms with van der Waals surface area (Å²) in [5.74, 6) is -0.551. The zero-order valence-corrected chi connectivity index (χ0v) is 16.8. The third-order valence-electron chi connectivity index (χ3n) is 4.73. The van der Waals surface area contributed by atoms with Crippen LogP contribution in [-0.2, 0) is 22.4 Å². The number of benzene rings is 3. The van der Waals surface area contributed by atoms with Gasteiger partial charge in [-0.3, -0.25) is 9.59 Å². The predicted molar refractivity (Wildman–Crippen MR) is 117 cm³/mol. The monoisotopic (exact) mass is 415 g/mol. The fourth-order valence-electron chi connectivity index (χ4n) is 3.30. The number of carbonyl (C=O) groups is 2. The second-order valence-corrected chi connectivity index (χ2v) is 7.17. The molecule has 0 atom stereocenters. The van der Waals surface area contributed by atoms with Gasteiger partial charge < -0.3 is 0 Å². The fraction of sp³-hybridized carbons (Fsp3) is 0.0833. The summed E-state index contributed by atoms with van der Waals surface area (Å²) in [6.07, 6.45) is 0.139. The SMILES string of the molecule is O=C(Cc1ccccc1)N(C(=O)Cc1ccccc1)c1nnc(Cl)c2ccccc12. The molecule has 6 heteroatoms. The third kappa shape index (κ3) is 4.21. The first kappa shape index (κ1) is 19.7. The normalized spacial score (nSPS) is 10.7. The van der Waals surface area contributed by atoms with E-state index in [0.29, 0.717) is 10.8 Å². The van der Waals surface area contributed by atoms with Gasteiger partial charge in [0.1, 0.15) is 0 Å². The summed E-state index contributed by atoms with van der Waals surface area (Å²) in [7, 11) is 0. The lowest BCUT2D eigenvalue weighted by molar-refractivity contribution is -0.125. The van der Waals surface area contributed by atoms with Crippen LogP contribution >= 0.6 is 11.6 Å². The van der Waals surface area contributed by atoms with Gasteiger partial charge >= 0.3 is 0 Å². The summed E-state index contributed by atoms with van der Waals surface area (Å²) >= 11 is 6.19. The Kier molecular flexibility index (Phi) is 5.82. The molecule has 0 spiro atoms. The van der Waals surface area contributed by atoms with Crippen molar-refractivity contribution in [2.75, 3.05) is 4.90 Å². The number of nitrogens with zero attached hydrogens (tertiary/aromatic N) is 3. The zero-order valence-electron chi connectivity index (χ0n) is 16.0. The largest absolute Gasteiger partial charge is 0.274 e. The van der Waals surface area contributed by atoms with Crippen LogP contribution in [0.3, 0.4) is 0 Å². The van der Waals surface area contributed by atoms with Crippen LogP contribution in [0.2, 0.25) is 5.15 Å². The van der Waals surface area contributed by atoms with Crippen molar-refractivity contribution in [1.29, 1.82) is 0 Å². The van der Waals surface area contributed by atoms with E-state index in [-0.39, 0.29) is 35.6 Å². The summed E-state index contributed by atoms with van der Waals surface area (Å²) in [4.78, 5) is 27.7. The van der Waals surface area contributed by atoms with Crippen molar-refractivity contribution in [3.05, 3.63) is 101 Å². The zero-order chi connectivity index (χ0) is 20.9. The lowest BCUT2D eigenvalue weighted by atomic mass is 10.1. The molecule has 1 aromatic heterocycles. The van der Waals surface area contributed by atoms with Crippen LogP contribution in [0.15, 0.2) is 84.9 Å². The van der Waals surface area contributed by atoms with Crippen LogP contribution in [0.4, 0.5) is 5.82 Å². The summed E-state index contributed by atoms with van der Waals surface area (Å²) in [5, 5.41) is 9.56. The Labute approximate surface area is 178 Å². The highest BCUT2D eigenvalue weighted by molar-refractivity contribution is 6.35. The van der Waals surface area contributed by atoms with E-state index in [1.54, 1.807) is 12.1 Å². The summed E-state index contributed by atoms with van der Waals surface area (Å²) in [6.45, 7) is 0.